The second-order valence-corrected chi connectivity index (χ2v) is 5.03. The third-order valence-electron chi connectivity index (χ3n) is 2.41. The number of halogens is 3. The van der Waals surface area contributed by atoms with Gasteiger partial charge in [0.05, 0.1) is 5.69 Å². The molecule has 1 aromatic carbocycles. The highest BCUT2D eigenvalue weighted by atomic mass is 79.9. The summed E-state index contributed by atoms with van der Waals surface area (Å²) in [5.74, 6) is -2.65. The van der Waals surface area contributed by atoms with E-state index in [0.717, 1.165) is 6.07 Å². The number of aliphatic carboxylic acids is 1. The summed E-state index contributed by atoms with van der Waals surface area (Å²) in [4.78, 5) is 22.0. The molecule has 5 nitrogen and oxygen atoms in total. The molecule has 0 heterocycles. The van der Waals surface area contributed by atoms with Crippen LogP contribution >= 0.6 is 15.9 Å². The van der Waals surface area contributed by atoms with E-state index >= 15 is 0 Å². The Balaban J connectivity index is 2.61. The Morgan fingerprint density at radius 1 is 1.40 bits per heavy atom. The normalized spacial score (nSPS) is 11.8. The summed E-state index contributed by atoms with van der Waals surface area (Å²) in [6, 6.07) is 0.573. The fourth-order valence-corrected chi connectivity index (χ4v) is 1.95. The van der Waals surface area contributed by atoms with E-state index in [1.807, 2.05) is 0 Å². The van der Waals surface area contributed by atoms with Crippen molar-refractivity contribution in [2.45, 2.75) is 25.8 Å². The second-order valence-electron chi connectivity index (χ2n) is 4.18. The van der Waals surface area contributed by atoms with Gasteiger partial charge in [0, 0.05) is 23.0 Å². The molecule has 1 atom stereocenters. The SMILES string of the molecule is CC(CCC(=O)O)NC(=O)Nc1c(F)cc(F)cc1Br. The standard InChI is InChI=1S/C12H13BrF2N2O3/c1-6(2-3-10(18)19)16-12(20)17-11-8(13)4-7(14)5-9(11)15/h4-6H,2-3H2,1H3,(H,18,19)(H2,16,17,20). The van der Waals surface area contributed by atoms with Gasteiger partial charge in [-0.3, -0.25) is 4.79 Å². The highest BCUT2D eigenvalue weighted by molar-refractivity contribution is 9.10. The number of carboxylic acids is 1. The van der Waals surface area contributed by atoms with Crippen LogP contribution in [0.2, 0.25) is 0 Å². The van der Waals surface area contributed by atoms with E-state index in [4.69, 9.17) is 5.11 Å². The fraction of sp³-hybridized carbons (Fsp3) is 0.333. The number of benzene rings is 1. The Hall–Kier alpha value is -1.70. The number of anilines is 1. The van der Waals surface area contributed by atoms with E-state index in [2.05, 4.69) is 26.6 Å². The largest absolute Gasteiger partial charge is 0.481 e. The van der Waals surface area contributed by atoms with E-state index in [0.29, 0.717) is 6.07 Å². The van der Waals surface area contributed by atoms with E-state index in [1.54, 1.807) is 6.92 Å². The number of amides is 2. The van der Waals surface area contributed by atoms with Gasteiger partial charge in [-0.2, -0.15) is 0 Å². The molecular weight excluding hydrogens is 338 g/mol. The third kappa shape index (κ3) is 5.12. The summed E-state index contributed by atoms with van der Waals surface area (Å²) in [7, 11) is 0. The molecule has 0 saturated carbocycles. The van der Waals surface area contributed by atoms with Gasteiger partial charge in [-0.1, -0.05) is 0 Å². The fourth-order valence-electron chi connectivity index (χ4n) is 1.45. The van der Waals surface area contributed by atoms with E-state index < -0.39 is 29.7 Å². The molecule has 1 aromatic rings. The molecule has 0 aliphatic carbocycles. The summed E-state index contributed by atoms with van der Waals surface area (Å²) in [6.07, 6.45) is 0.159. The van der Waals surface area contributed by atoms with Crippen LogP contribution in [0.3, 0.4) is 0 Å². The molecule has 8 heteroatoms. The van der Waals surface area contributed by atoms with Gasteiger partial charge >= 0.3 is 12.0 Å². The van der Waals surface area contributed by atoms with Crippen LogP contribution in [0.15, 0.2) is 16.6 Å². The van der Waals surface area contributed by atoms with Crippen LogP contribution < -0.4 is 10.6 Å². The zero-order chi connectivity index (χ0) is 15.3. The number of hydrogen-bond donors (Lipinski definition) is 3. The molecule has 0 bridgehead atoms. The van der Waals surface area contributed by atoms with Crippen LogP contribution in [0.1, 0.15) is 19.8 Å². The molecule has 1 unspecified atom stereocenters. The minimum atomic E-state index is -0.966. The molecule has 0 aliphatic rings. The maximum Gasteiger partial charge on any atom is 0.319 e. The minimum absolute atomic E-state index is 0.0725. The van der Waals surface area contributed by atoms with Gasteiger partial charge in [0.2, 0.25) is 0 Å². The number of nitrogens with one attached hydrogen (secondary N) is 2. The first-order valence-corrected chi connectivity index (χ1v) is 6.52. The van der Waals surface area contributed by atoms with Gasteiger partial charge < -0.3 is 15.7 Å². The number of urea groups is 1. The number of carbonyl (C=O) groups is 2. The molecule has 0 aliphatic heterocycles. The molecule has 0 aromatic heterocycles. The van der Waals surface area contributed by atoms with Crippen molar-refractivity contribution in [2.24, 2.45) is 0 Å². The third-order valence-corrected chi connectivity index (χ3v) is 3.04. The Labute approximate surface area is 122 Å². The van der Waals surface area contributed by atoms with Crippen molar-refractivity contribution in [3.05, 3.63) is 28.2 Å². The molecule has 0 radical (unpaired) electrons. The van der Waals surface area contributed by atoms with Crippen molar-refractivity contribution in [3.63, 3.8) is 0 Å². The molecule has 0 saturated heterocycles. The topological polar surface area (TPSA) is 78.4 Å². The van der Waals surface area contributed by atoms with Gasteiger partial charge in [-0.25, -0.2) is 13.6 Å². The lowest BCUT2D eigenvalue weighted by atomic mass is 10.2. The van der Waals surface area contributed by atoms with Gasteiger partial charge in [0.1, 0.15) is 5.82 Å². The number of carboxylic acid groups (broad SMARTS) is 1. The van der Waals surface area contributed by atoms with E-state index in [1.165, 1.54) is 0 Å². The Bertz CT molecular complexity index is 502. The Morgan fingerprint density at radius 2 is 2.05 bits per heavy atom. The Morgan fingerprint density at radius 3 is 2.60 bits per heavy atom. The lowest BCUT2D eigenvalue weighted by molar-refractivity contribution is -0.137. The van der Waals surface area contributed by atoms with E-state index in [-0.39, 0.29) is 23.0 Å². The lowest BCUT2D eigenvalue weighted by Crippen LogP contribution is -2.36. The minimum Gasteiger partial charge on any atom is -0.481 e. The summed E-state index contributed by atoms with van der Waals surface area (Å²) in [6.45, 7) is 1.62. The van der Waals surface area contributed by atoms with Crippen LogP contribution in [0.4, 0.5) is 19.3 Å². The van der Waals surface area contributed by atoms with Crippen molar-refractivity contribution in [3.8, 4) is 0 Å². The maximum absolute atomic E-state index is 13.5. The molecule has 0 spiro atoms. The smallest absolute Gasteiger partial charge is 0.319 e. The monoisotopic (exact) mass is 350 g/mol. The Kier molecular flexibility index (Phi) is 5.87. The van der Waals surface area contributed by atoms with Crippen molar-refractivity contribution in [2.75, 3.05) is 5.32 Å². The van der Waals surface area contributed by atoms with Crippen LogP contribution in [0, 0.1) is 11.6 Å². The summed E-state index contributed by atoms with van der Waals surface area (Å²) in [5, 5.41) is 13.2. The van der Waals surface area contributed by atoms with E-state index in [9.17, 15) is 18.4 Å². The van der Waals surface area contributed by atoms with Crippen LogP contribution in [-0.4, -0.2) is 23.1 Å². The van der Waals surface area contributed by atoms with Crippen molar-refractivity contribution >= 4 is 33.6 Å². The van der Waals surface area contributed by atoms with Gasteiger partial charge in [0.25, 0.3) is 0 Å². The predicted octanol–water partition coefficient (Wildman–Crippen LogP) is 3.10. The molecule has 0 fully saturated rings. The summed E-state index contributed by atoms with van der Waals surface area (Å²) >= 11 is 2.94. The van der Waals surface area contributed by atoms with Crippen molar-refractivity contribution in [1.82, 2.24) is 5.32 Å². The average molecular weight is 351 g/mol. The second kappa shape index (κ2) is 7.18. The zero-order valence-electron chi connectivity index (χ0n) is 10.5. The number of hydrogen-bond acceptors (Lipinski definition) is 2. The molecule has 20 heavy (non-hydrogen) atoms. The van der Waals surface area contributed by atoms with Crippen LogP contribution in [0.25, 0.3) is 0 Å². The molecule has 1 rings (SSSR count). The molecule has 2 amide bonds. The summed E-state index contributed by atoms with van der Waals surface area (Å²) < 4.78 is 26.4. The number of rotatable bonds is 5. The van der Waals surface area contributed by atoms with Gasteiger partial charge in [-0.15, -0.1) is 0 Å². The van der Waals surface area contributed by atoms with Gasteiger partial charge in [-0.05, 0) is 35.3 Å². The summed E-state index contributed by atoms with van der Waals surface area (Å²) in [5.41, 5.74) is -0.186. The van der Waals surface area contributed by atoms with Crippen LogP contribution in [0.5, 0.6) is 0 Å². The first-order chi connectivity index (χ1) is 9.29. The van der Waals surface area contributed by atoms with Gasteiger partial charge in [0.15, 0.2) is 5.82 Å². The highest BCUT2D eigenvalue weighted by Crippen LogP contribution is 2.26. The maximum atomic E-state index is 13.5. The molecular formula is C12H13BrF2N2O3. The first kappa shape index (κ1) is 16.4. The first-order valence-electron chi connectivity index (χ1n) is 5.73. The number of carbonyl (C=O) groups excluding carboxylic acids is 1. The predicted molar refractivity (Wildman–Crippen MR) is 72.5 cm³/mol. The molecule has 110 valence electrons. The van der Waals surface area contributed by atoms with Crippen molar-refractivity contribution in [1.29, 1.82) is 0 Å². The average Bonchev–Trinajstić information content (AvgIpc) is 2.31. The lowest BCUT2D eigenvalue weighted by Gasteiger charge is -2.14. The zero-order valence-corrected chi connectivity index (χ0v) is 12.1. The molecule has 3 N–H and O–H groups in total. The quantitative estimate of drug-likeness (QED) is 0.763. The highest BCUT2D eigenvalue weighted by Gasteiger charge is 2.14. The van der Waals surface area contributed by atoms with Crippen molar-refractivity contribution < 1.29 is 23.5 Å². The van der Waals surface area contributed by atoms with Crippen LogP contribution in [-0.2, 0) is 4.79 Å².